The van der Waals surface area contributed by atoms with E-state index in [4.69, 9.17) is 5.73 Å². The second-order valence-electron chi connectivity index (χ2n) is 3.48. The zero-order valence-corrected chi connectivity index (χ0v) is 9.31. The molecule has 78 valence electrons. The molecule has 0 radical (unpaired) electrons. The van der Waals surface area contributed by atoms with Crippen LogP contribution in [0.3, 0.4) is 0 Å². The number of hydrogen-bond donors (Lipinski definition) is 2. The Balaban J connectivity index is 2.16. The molecule has 1 aromatic carbocycles. The van der Waals surface area contributed by atoms with Gasteiger partial charge >= 0.3 is 0 Å². The maximum atomic E-state index is 6.00. The predicted molar refractivity (Wildman–Crippen MR) is 67.7 cm³/mol. The van der Waals surface area contributed by atoms with Gasteiger partial charge in [0.05, 0.1) is 0 Å². The number of benzene rings is 1. The molecule has 0 aromatic heterocycles. The number of anilines is 1. The number of thioether (sulfide) groups is 1. The largest absolute Gasteiger partial charge is 0.385 e. The summed E-state index contributed by atoms with van der Waals surface area (Å²) in [4.78, 5) is 0. The van der Waals surface area contributed by atoms with E-state index in [9.17, 15) is 0 Å². The van der Waals surface area contributed by atoms with Gasteiger partial charge in [-0.1, -0.05) is 24.8 Å². The Morgan fingerprint density at radius 1 is 1.27 bits per heavy atom. The molecule has 15 heavy (non-hydrogen) atoms. The first kappa shape index (κ1) is 10.2. The summed E-state index contributed by atoms with van der Waals surface area (Å²) >= 11 is 1.85. The molecule has 1 aliphatic rings. The lowest BCUT2D eigenvalue weighted by Crippen LogP contribution is -2.13. The Morgan fingerprint density at radius 3 is 2.60 bits per heavy atom. The lowest BCUT2D eigenvalue weighted by molar-refractivity contribution is 1.23. The number of rotatable bonds is 2. The van der Waals surface area contributed by atoms with Crippen molar-refractivity contribution in [1.82, 2.24) is 0 Å². The summed E-state index contributed by atoms with van der Waals surface area (Å²) in [6.45, 7) is 4.00. The van der Waals surface area contributed by atoms with E-state index in [1.807, 2.05) is 42.1 Å². The molecular weight excluding hydrogens is 204 g/mol. The summed E-state index contributed by atoms with van der Waals surface area (Å²) in [5, 5.41) is 3.20. The van der Waals surface area contributed by atoms with Crippen LogP contribution in [0.4, 0.5) is 5.69 Å². The molecule has 1 saturated heterocycles. The van der Waals surface area contributed by atoms with Crippen molar-refractivity contribution >= 4 is 17.4 Å². The van der Waals surface area contributed by atoms with Crippen LogP contribution in [0.2, 0.25) is 0 Å². The lowest BCUT2D eigenvalue weighted by Gasteiger charge is -2.09. The highest BCUT2D eigenvalue weighted by atomic mass is 32.2. The van der Waals surface area contributed by atoms with Gasteiger partial charge in [0, 0.05) is 22.8 Å². The molecule has 0 unspecified atom stereocenters. The van der Waals surface area contributed by atoms with Crippen molar-refractivity contribution in [2.45, 2.75) is 0 Å². The molecule has 0 aliphatic carbocycles. The Morgan fingerprint density at radius 2 is 2.00 bits per heavy atom. The summed E-state index contributed by atoms with van der Waals surface area (Å²) in [5.74, 6) is 2.69. The van der Waals surface area contributed by atoms with Gasteiger partial charge in [-0.2, -0.15) is 11.8 Å². The zero-order valence-electron chi connectivity index (χ0n) is 8.49. The SMILES string of the molecule is C=C1CSC/C1=C(\N)Nc1ccccc1. The van der Waals surface area contributed by atoms with Crippen LogP contribution < -0.4 is 11.1 Å². The van der Waals surface area contributed by atoms with Crippen LogP contribution in [0.15, 0.2) is 53.9 Å². The van der Waals surface area contributed by atoms with Crippen LogP contribution in [0.5, 0.6) is 0 Å². The molecule has 1 aliphatic heterocycles. The number of nitrogens with two attached hydrogens (primary N) is 1. The van der Waals surface area contributed by atoms with E-state index in [1.165, 1.54) is 0 Å². The minimum absolute atomic E-state index is 0.733. The minimum atomic E-state index is 0.733. The van der Waals surface area contributed by atoms with Crippen LogP contribution in [0.25, 0.3) is 0 Å². The van der Waals surface area contributed by atoms with E-state index in [0.717, 1.165) is 34.2 Å². The van der Waals surface area contributed by atoms with Crippen LogP contribution in [0.1, 0.15) is 0 Å². The van der Waals surface area contributed by atoms with Gasteiger partial charge in [-0.05, 0) is 17.7 Å². The second-order valence-corrected chi connectivity index (χ2v) is 4.47. The molecule has 0 atom stereocenters. The third kappa shape index (κ3) is 2.36. The predicted octanol–water partition coefficient (Wildman–Crippen LogP) is 2.57. The van der Waals surface area contributed by atoms with Gasteiger partial charge in [0.1, 0.15) is 5.82 Å². The topological polar surface area (TPSA) is 38.0 Å². The van der Waals surface area contributed by atoms with Gasteiger partial charge < -0.3 is 11.1 Å². The monoisotopic (exact) mass is 218 g/mol. The molecule has 2 rings (SSSR count). The Kier molecular flexibility index (Phi) is 3.02. The first-order valence-corrected chi connectivity index (χ1v) is 5.99. The van der Waals surface area contributed by atoms with Crippen molar-refractivity contribution in [3.63, 3.8) is 0 Å². The minimum Gasteiger partial charge on any atom is -0.385 e. The van der Waals surface area contributed by atoms with Crippen LogP contribution in [-0.4, -0.2) is 11.5 Å². The van der Waals surface area contributed by atoms with Gasteiger partial charge in [0.25, 0.3) is 0 Å². The van der Waals surface area contributed by atoms with Crippen molar-refractivity contribution < 1.29 is 0 Å². The van der Waals surface area contributed by atoms with Gasteiger partial charge in [0.15, 0.2) is 0 Å². The number of nitrogens with one attached hydrogen (secondary N) is 1. The summed E-state index contributed by atoms with van der Waals surface area (Å²) in [6, 6.07) is 9.95. The standard InChI is InChI=1S/C12H14N2S/c1-9-7-15-8-11(9)12(13)14-10-5-3-2-4-6-10/h2-6,14H,1,7-8,13H2/b12-11-. The van der Waals surface area contributed by atoms with E-state index < -0.39 is 0 Å². The second kappa shape index (κ2) is 4.45. The fourth-order valence-corrected chi connectivity index (χ4v) is 2.57. The van der Waals surface area contributed by atoms with Crippen molar-refractivity contribution in [2.75, 3.05) is 16.8 Å². The molecule has 1 aromatic rings. The summed E-state index contributed by atoms with van der Waals surface area (Å²) in [7, 11) is 0. The third-order valence-electron chi connectivity index (χ3n) is 2.33. The molecule has 1 heterocycles. The summed E-state index contributed by atoms with van der Waals surface area (Å²) in [5.41, 5.74) is 9.31. The summed E-state index contributed by atoms with van der Waals surface area (Å²) in [6.07, 6.45) is 0. The molecule has 3 heteroatoms. The Hall–Kier alpha value is -1.35. The van der Waals surface area contributed by atoms with Crippen molar-refractivity contribution in [2.24, 2.45) is 5.73 Å². The highest BCUT2D eigenvalue weighted by Crippen LogP contribution is 2.28. The highest BCUT2D eigenvalue weighted by molar-refractivity contribution is 8.00. The molecule has 0 amide bonds. The van der Waals surface area contributed by atoms with Crippen LogP contribution in [-0.2, 0) is 0 Å². The third-order valence-corrected chi connectivity index (χ3v) is 3.37. The van der Waals surface area contributed by atoms with Crippen molar-refractivity contribution in [1.29, 1.82) is 0 Å². The van der Waals surface area contributed by atoms with E-state index >= 15 is 0 Å². The normalized spacial score (nSPS) is 19.1. The zero-order chi connectivity index (χ0) is 10.7. The number of hydrogen-bond acceptors (Lipinski definition) is 3. The van der Waals surface area contributed by atoms with E-state index in [0.29, 0.717) is 0 Å². The molecular formula is C12H14N2S. The van der Waals surface area contributed by atoms with Gasteiger partial charge in [-0.15, -0.1) is 0 Å². The first-order chi connectivity index (χ1) is 7.27. The first-order valence-electron chi connectivity index (χ1n) is 4.84. The molecule has 0 bridgehead atoms. The average Bonchev–Trinajstić information content (AvgIpc) is 2.66. The van der Waals surface area contributed by atoms with E-state index in [1.54, 1.807) is 0 Å². The number of para-hydroxylation sites is 1. The van der Waals surface area contributed by atoms with E-state index in [-0.39, 0.29) is 0 Å². The maximum Gasteiger partial charge on any atom is 0.105 e. The van der Waals surface area contributed by atoms with E-state index in [2.05, 4.69) is 11.9 Å². The Labute approximate surface area is 94.2 Å². The van der Waals surface area contributed by atoms with Crippen LogP contribution in [0, 0.1) is 0 Å². The molecule has 2 nitrogen and oxygen atoms in total. The quantitative estimate of drug-likeness (QED) is 0.801. The molecule has 0 spiro atoms. The molecule has 0 saturated carbocycles. The molecule has 1 fully saturated rings. The smallest absolute Gasteiger partial charge is 0.105 e. The molecule has 3 N–H and O–H groups in total. The summed E-state index contributed by atoms with van der Waals surface area (Å²) < 4.78 is 0. The van der Waals surface area contributed by atoms with Gasteiger partial charge in [0.2, 0.25) is 0 Å². The average molecular weight is 218 g/mol. The van der Waals surface area contributed by atoms with Crippen molar-refractivity contribution in [3.8, 4) is 0 Å². The Bertz CT molecular complexity index is 395. The fraction of sp³-hybridized carbons (Fsp3) is 0.167. The fourth-order valence-electron chi connectivity index (χ4n) is 1.49. The van der Waals surface area contributed by atoms with Gasteiger partial charge in [-0.3, -0.25) is 0 Å². The van der Waals surface area contributed by atoms with Crippen LogP contribution >= 0.6 is 11.8 Å². The van der Waals surface area contributed by atoms with Gasteiger partial charge in [-0.25, -0.2) is 0 Å². The maximum absolute atomic E-state index is 6.00. The lowest BCUT2D eigenvalue weighted by atomic mass is 10.1. The van der Waals surface area contributed by atoms with Crippen molar-refractivity contribution in [3.05, 3.63) is 53.9 Å². The highest BCUT2D eigenvalue weighted by Gasteiger charge is 2.15.